The van der Waals surface area contributed by atoms with Crippen molar-refractivity contribution in [3.63, 3.8) is 0 Å². The number of rotatable bonds is 2. The fourth-order valence-electron chi connectivity index (χ4n) is 2.19. The molecule has 0 radical (unpaired) electrons. The van der Waals surface area contributed by atoms with Gasteiger partial charge < -0.3 is 15.2 Å². The molecule has 0 spiro atoms. The van der Waals surface area contributed by atoms with Gasteiger partial charge in [0.05, 0.1) is 18.8 Å². The lowest BCUT2D eigenvalue weighted by molar-refractivity contribution is -0.0815. The molecule has 1 saturated carbocycles. The second kappa shape index (κ2) is 4.40. The fourth-order valence-corrected chi connectivity index (χ4v) is 2.19. The summed E-state index contributed by atoms with van der Waals surface area (Å²) in [5.41, 5.74) is 5.82. The van der Waals surface area contributed by atoms with Gasteiger partial charge >= 0.3 is 0 Å². The molecule has 3 heteroatoms. The Morgan fingerprint density at radius 3 is 2.69 bits per heavy atom. The predicted molar refractivity (Wildman–Crippen MR) is 50.5 cm³/mol. The predicted octanol–water partition coefficient (Wildman–Crippen LogP) is 1.06. The molecule has 2 N–H and O–H groups in total. The molecule has 2 rings (SSSR count). The van der Waals surface area contributed by atoms with E-state index in [1.165, 1.54) is 0 Å². The third-order valence-corrected chi connectivity index (χ3v) is 2.93. The maximum absolute atomic E-state index is 5.92. The standard InChI is InChI=1S/C10H19NO2/c11-8-3-4-9(6-8)13-10-2-1-5-12-7-10/h8-10H,1-7,11H2. The molecular formula is C10H19NO2. The first-order valence-corrected chi connectivity index (χ1v) is 5.33. The van der Waals surface area contributed by atoms with E-state index in [1.54, 1.807) is 0 Å². The minimum atomic E-state index is 0.337. The van der Waals surface area contributed by atoms with Gasteiger partial charge in [0.15, 0.2) is 0 Å². The van der Waals surface area contributed by atoms with Crippen LogP contribution in [0.25, 0.3) is 0 Å². The lowest BCUT2D eigenvalue weighted by atomic mass is 10.1. The minimum absolute atomic E-state index is 0.337. The minimum Gasteiger partial charge on any atom is -0.379 e. The SMILES string of the molecule is NC1CCC(OC2CCCOC2)C1. The van der Waals surface area contributed by atoms with Crippen LogP contribution in [0.15, 0.2) is 0 Å². The van der Waals surface area contributed by atoms with E-state index in [1.807, 2.05) is 0 Å². The van der Waals surface area contributed by atoms with Gasteiger partial charge in [0.25, 0.3) is 0 Å². The zero-order valence-electron chi connectivity index (χ0n) is 8.08. The molecule has 1 saturated heterocycles. The van der Waals surface area contributed by atoms with Crippen molar-refractivity contribution in [2.24, 2.45) is 5.73 Å². The molecule has 3 unspecified atom stereocenters. The molecule has 0 amide bonds. The van der Waals surface area contributed by atoms with Gasteiger partial charge in [-0.1, -0.05) is 0 Å². The molecule has 1 aliphatic carbocycles. The van der Waals surface area contributed by atoms with Crippen molar-refractivity contribution >= 4 is 0 Å². The van der Waals surface area contributed by atoms with Crippen LogP contribution in [-0.4, -0.2) is 31.5 Å². The normalized spacial score (nSPS) is 40.8. The maximum Gasteiger partial charge on any atom is 0.0813 e. The number of nitrogens with two attached hydrogens (primary N) is 1. The van der Waals surface area contributed by atoms with Crippen LogP contribution in [0.4, 0.5) is 0 Å². The number of ether oxygens (including phenoxy) is 2. The highest BCUT2D eigenvalue weighted by atomic mass is 16.5. The summed E-state index contributed by atoms with van der Waals surface area (Å²) in [7, 11) is 0. The summed E-state index contributed by atoms with van der Waals surface area (Å²) in [5.74, 6) is 0. The Kier molecular flexibility index (Phi) is 3.19. The highest BCUT2D eigenvalue weighted by molar-refractivity contribution is 4.79. The average molecular weight is 185 g/mol. The summed E-state index contributed by atoms with van der Waals surface area (Å²) < 4.78 is 11.3. The van der Waals surface area contributed by atoms with Gasteiger partial charge in [-0.2, -0.15) is 0 Å². The molecule has 13 heavy (non-hydrogen) atoms. The number of hydrogen-bond acceptors (Lipinski definition) is 3. The third kappa shape index (κ3) is 2.66. The third-order valence-electron chi connectivity index (χ3n) is 2.93. The van der Waals surface area contributed by atoms with E-state index in [4.69, 9.17) is 15.2 Å². The van der Waals surface area contributed by atoms with Crippen LogP contribution >= 0.6 is 0 Å². The lowest BCUT2D eigenvalue weighted by Gasteiger charge is -2.25. The first-order chi connectivity index (χ1) is 6.34. The highest BCUT2D eigenvalue weighted by Gasteiger charge is 2.26. The summed E-state index contributed by atoms with van der Waals surface area (Å²) in [6, 6.07) is 0.370. The molecule has 76 valence electrons. The van der Waals surface area contributed by atoms with E-state index in [9.17, 15) is 0 Å². The zero-order chi connectivity index (χ0) is 9.10. The van der Waals surface area contributed by atoms with Crippen LogP contribution in [0.1, 0.15) is 32.1 Å². The fraction of sp³-hybridized carbons (Fsp3) is 1.00. The van der Waals surface area contributed by atoms with E-state index >= 15 is 0 Å². The van der Waals surface area contributed by atoms with Crippen LogP contribution in [0.2, 0.25) is 0 Å². The van der Waals surface area contributed by atoms with Crippen molar-refractivity contribution in [1.29, 1.82) is 0 Å². The molecule has 0 aromatic carbocycles. The summed E-state index contributed by atoms with van der Waals surface area (Å²) in [4.78, 5) is 0. The van der Waals surface area contributed by atoms with Gasteiger partial charge in [-0.05, 0) is 32.1 Å². The Morgan fingerprint density at radius 2 is 2.08 bits per heavy atom. The Hall–Kier alpha value is -0.120. The smallest absolute Gasteiger partial charge is 0.0813 e. The Labute approximate surface area is 79.6 Å². The van der Waals surface area contributed by atoms with Gasteiger partial charge in [-0.3, -0.25) is 0 Å². The summed E-state index contributed by atoms with van der Waals surface area (Å²) in [5, 5.41) is 0. The molecule has 2 aliphatic rings. The van der Waals surface area contributed by atoms with Gasteiger partial charge in [0.2, 0.25) is 0 Å². The van der Waals surface area contributed by atoms with E-state index in [-0.39, 0.29) is 0 Å². The molecule has 3 atom stereocenters. The zero-order valence-corrected chi connectivity index (χ0v) is 8.08. The lowest BCUT2D eigenvalue weighted by Crippen LogP contribution is -2.29. The van der Waals surface area contributed by atoms with Crippen molar-refractivity contribution in [3.05, 3.63) is 0 Å². The van der Waals surface area contributed by atoms with Gasteiger partial charge in [0.1, 0.15) is 0 Å². The second-order valence-electron chi connectivity index (χ2n) is 4.17. The topological polar surface area (TPSA) is 44.5 Å². The number of hydrogen-bond donors (Lipinski definition) is 1. The Bertz CT molecular complexity index is 154. The Morgan fingerprint density at radius 1 is 1.15 bits per heavy atom. The molecule has 1 aliphatic heterocycles. The largest absolute Gasteiger partial charge is 0.379 e. The van der Waals surface area contributed by atoms with Crippen LogP contribution in [0.5, 0.6) is 0 Å². The molecule has 0 bridgehead atoms. The summed E-state index contributed by atoms with van der Waals surface area (Å²) in [6.45, 7) is 1.69. The van der Waals surface area contributed by atoms with Gasteiger partial charge in [-0.15, -0.1) is 0 Å². The average Bonchev–Trinajstić information content (AvgIpc) is 2.53. The first kappa shape index (κ1) is 9.44. The van der Waals surface area contributed by atoms with Crippen molar-refractivity contribution in [2.75, 3.05) is 13.2 Å². The maximum atomic E-state index is 5.92. The van der Waals surface area contributed by atoms with Crippen LogP contribution in [0.3, 0.4) is 0 Å². The quantitative estimate of drug-likeness (QED) is 0.699. The van der Waals surface area contributed by atoms with Crippen molar-refractivity contribution in [3.8, 4) is 0 Å². The van der Waals surface area contributed by atoms with Gasteiger partial charge in [-0.25, -0.2) is 0 Å². The molecular weight excluding hydrogens is 166 g/mol. The molecule has 0 aromatic rings. The highest BCUT2D eigenvalue weighted by Crippen LogP contribution is 2.23. The molecule has 0 aromatic heterocycles. The molecule has 1 heterocycles. The Balaban J connectivity index is 1.71. The van der Waals surface area contributed by atoms with Crippen molar-refractivity contribution in [1.82, 2.24) is 0 Å². The second-order valence-corrected chi connectivity index (χ2v) is 4.17. The summed E-state index contributed by atoms with van der Waals surface area (Å²) in [6.07, 6.45) is 6.34. The molecule has 2 fully saturated rings. The van der Waals surface area contributed by atoms with Crippen molar-refractivity contribution < 1.29 is 9.47 Å². The van der Waals surface area contributed by atoms with E-state index in [2.05, 4.69) is 0 Å². The van der Waals surface area contributed by atoms with Gasteiger partial charge in [0, 0.05) is 12.6 Å². The van der Waals surface area contributed by atoms with E-state index < -0.39 is 0 Å². The first-order valence-electron chi connectivity index (χ1n) is 5.33. The van der Waals surface area contributed by atoms with Crippen LogP contribution < -0.4 is 5.73 Å². The molecule has 3 nitrogen and oxygen atoms in total. The van der Waals surface area contributed by atoms with Crippen LogP contribution in [-0.2, 0) is 9.47 Å². The van der Waals surface area contributed by atoms with E-state index in [0.717, 1.165) is 45.3 Å². The summed E-state index contributed by atoms with van der Waals surface area (Å²) >= 11 is 0. The monoisotopic (exact) mass is 185 g/mol. The van der Waals surface area contributed by atoms with E-state index in [0.29, 0.717) is 18.2 Å². The van der Waals surface area contributed by atoms with Crippen LogP contribution in [0, 0.1) is 0 Å². The van der Waals surface area contributed by atoms with Crippen molar-refractivity contribution in [2.45, 2.75) is 50.4 Å².